The van der Waals surface area contributed by atoms with Crippen LogP contribution in [-0.2, 0) is 11.2 Å². The lowest BCUT2D eigenvalue weighted by molar-refractivity contribution is -0.128. The summed E-state index contributed by atoms with van der Waals surface area (Å²) >= 11 is 0. The van der Waals surface area contributed by atoms with E-state index in [1.807, 2.05) is 53.4 Å². The predicted molar refractivity (Wildman–Crippen MR) is 148 cm³/mol. The van der Waals surface area contributed by atoms with Gasteiger partial charge in [0.2, 0.25) is 5.91 Å². The molecule has 0 aromatic heterocycles. The van der Waals surface area contributed by atoms with Crippen molar-refractivity contribution < 1.29 is 24.9 Å². The van der Waals surface area contributed by atoms with Gasteiger partial charge in [-0.3, -0.25) is 4.79 Å². The van der Waals surface area contributed by atoms with Gasteiger partial charge in [-0.15, -0.1) is 0 Å². The summed E-state index contributed by atoms with van der Waals surface area (Å²) in [6.45, 7) is 4.78. The molecule has 1 amide bonds. The quantitative estimate of drug-likeness (QED) is 0.285. The average molecular weight is 514 g/mol. The molecule has 2 unspecified atom stereocenters. The van der Waals surface area contributed by atoms with Gasteiger partial charge < -0.3 is 20.2 Å². The standard InChI is InChI=1S/C32H35NO5/c1-21(2)29-20-27(34)14-15-28(29)24-6-3-7-25(19-24)30(35)16-12-26-13-17-31(36)33(26)18-4-5-22-8-10-23(11-9-22)32(37)38/h3,6-12,14-16,19-21,26,30,34-35H,4-5,13,17-18H2,1-2H3,(H,37,38)/b16-12+. The van der Waals surface area contributed by atoms with E-state index in [2.05, 4.69) is 13.8 Å². The summed E-state index contributed by atoms with van der Waals surface area (Å²) in [5, 5.41) is 29.9. The van der Waals surface area contributed by atoms with E-state index in [1.54, 1.807) is 30.3 Å². The van der Waals surface area contributed by atoms with Gasteiger partial charge in [0, 0.05) is 13.0 Å². The Labute approximate surface area is 223 Å². The number of hydrogen-bond acceptors (Lipinski definition) is 4. The molecule has 0 aliphatic carbocycles. The molecule has 3 aromatic carbocycles. The largest absolute Gasteiger partial charge is 0.508 e. The summed E-state index contributed by atoms with van der Waals surface area (Å²) in [4.78, 5) is 25.4. The predicted octanol–water partition coefficient (Wildman–Crippen LogP) is 6.09. The van der Waals surface area contributed by atoms with Crippen LogP contribution in [0, 0.1) is 0 Å². The minimum atomic E-state index is -0.941. The first kappa shape index (κ1) is 27.1. The normalized spacial score (nSPS) is 16.5. The highest BCUT2D eigenvalue weighted by Crippen LogP contribution is 2.33. The summed E-state index contributed by atoms with van der Waals surface area (Å²) in [5.41, 5.74) is 5.13. The van der Waals surface area contributed by atoms with Crippen molar-refractivity contribution in [2.75, 3.05) is 6.54 Å². The fourth-order valence-electron chi connectivity index (χ4n) is 5.04. The Bertz CT molecular complexity index is 1310. The molecule has 198 valence electrons. The number of phenolic OH excluding ortho intramolecular Hbond substituents is 1. The zero-order valence-electron chi connectivity index (χ0n) is 21.9. The number of rotatable bonds is 10. The van der Waals surface area contributed by atoms with E-state index < -0.39 is 12.1 Å². The third-order valence-corrected chi connectivity index (χ3v) is 7.15. The average Bonchev–Trinajstić information content (AvgIpc) is 3.26. The lowest BCUT2D eigenvalue weighted by atomic mass is 9.91. The van der Waals surface area contributed by atoms with Crippen LogP contribution in [0.4, 0.5) is 0 Å². The van der Waals surface area contributed by atoms with Crippen LogP contribution in [0.3, 0.4) is 0 Å². The molecule has 1 aliphatic heterocycles. The van der Waals surface area contributed by atoms with E-state index in [4.69, 9.17) is 5.11 Å². The third kappa shape index (κ3) is 6.50. The van der Waals surface area contributed by atoms with E-state index in [-0.39, 0.29) is 29.2 Å². The number of aromatic hydroxyl groups is 1. The number of likely N-dealkylation sites (tertiary alicyclic amines) is 1. The number of phenols is 1. The van der Waals surface area contributed by atoms with E-state index in [1.165, 1.54) is 0 Å². The molecular weight excluding hydrogens is 478 g/mol. The van der Waals surface area contributed by atoms with Crippen LogP contribution in [0.5, 0.6) is 5.75 Å². The minimum Gasteiger partial charge on any atom is -0.508 e. The van der Waals surface area contributed by atoms with Gasteiger partial charge in [-0.05, 0) is 83.3 Å². The molecule has 6 nitrogen and oxygen atoms in total. The summed E-state index contributed by atoms with van der Waals surface area (Å²) in [6, 6.07) is 20.0. The maximum atomic E-state index is 12.5. The Morgan fingerprint density at radius 2 is 1.84 bits per heavy atom. The Kier molecular flexibility index (Phi) is 8.64. The van der Waals surface area contributed by atoms with Crippen molar-refractivity contribution in [3.63, 3.8) is 0 Å². The molecule has 3 aromatic rings. The number of aromatic carboxylic acids is 1. The number of carboxylic acid groups (broad SMARTS) is 1. The number of carbonyl (C=O) groups excluding carboxylic acids is 1. The van der Waals surface area contributed by atoms with Gasteiger partial charge in [-0.1, -0.05) is 62.4 Å². The highest BCUT2D eigenvalue weighted by atomic mass is 16.4. The monoisotopic (exact) mass is 513 g/mol. The molecule has 1 aliphatic rings. The first-order chi connectivity index (χ1) is 18.2. The summed E-state index contributed by atoms with van der Waals surface area (Å²) in [7, 11) is 0. The molecule has 0 bridgehead atoms. The van der Waals surface area contributed by atoms with E-state index in [0.717, 1.165) is 47.1 Å². The smallest absolute Gasteiger partial charge is 0.335 e. The van der Waals surface area contributed by atoms with Crippen molar-refractivity contribution in [1.82, 2.24) is 4.90 Å². The number of carbonyl (C=O) groups is 2. The number of hydrogen-bond donors (Lipinski definition) is 3. The number of nitrogens with zero attached hydrogens (tertiary/aromatic N) is 1. The van der Waals surface area contributed by atoms with Gasteiger partial charge in [-0.2, -0.15) is 0 Å². The molecule has 0 saturated carbocycles. The Hall–Kier alpha value is -3.90. The maximum absolute atomic E-state index is 12.5. The summed E-state index contributed by atoms with van der Waals surface area (Å²) in [5.74, 6) is -0.349. The Balaban J connectivity index is 1.40. The highest BCUT2D eigenvalue weighted by Gasteiger charge is 2.28. The lowest BCUT2D eigenvalue weighted by Gasteiger charge is -2.23. The molecule has 6 heteroatoms. The molecular formula is C32H35NO5. The third-order valence-electron chi connectivity index (χ3n) is 7.15. The van der Waals surface area contributed by atoms with E-state index in [0.29, 0.717) is 13.0 Å². The Morgan fingerprint density at radius 1 is 1.08 bits per heavy atom. The second-order valence-corrected chi connectivity index (χ2v) is 10.2. The van der Waals surface area contributed by atoms with Crippen LogP contribution >= 0.6 is 0 Å². The van der Waals surface area contributed by atoms with Crippen LogP contribution in [0.2, 0.25) is 0 Å². The van der Waals surface area contributed by atoms with E-state index >= 15 is 0 Å². The second-order valence-electron chi connectivity index (χ2n) is 10.2. The maximum Gasteiger partial charge on any atom is 0.335 e. The van der Waals surface area contributed by atoms with Crippen molar-refractivity contribution in [2.24, 2.45) is 0 Å². The molecule has 38 heavy (non-hydrogen) atoms. The molecule has 4 rings (SSSR count). The topological polar surface area (TPSA) is 98.1 Å². The zero-order chi connectivity index (χ0) is 27.2. The van der Waals surface area contributed by atoms with Gasteiger partial charge >= 0.3 is 5.97 Å². The number of aliphatic hydroxyl groups is 1. The number of aryl methyl sites for hydroxylation is 1. The fourth-order valence-corrected chi connectivity index (χ4v) is 5.04. The van der Waals surface area contributed by atoms with E-state index in [9.17, 15) is 19.8 Å². The molecule has 3 N–H and O–H groups in total. The van der Waals surface area contributed by atoms with Crippen molar-refractivity contribution in [3.05, 3.63) is 101 Å². The first-order valence-corrected chi connectivity index (χ1v) is 13.1. The van der Waals surface area contributed by atoms with Crippen molar-refractivity contribution in [2.45, 2.75) is 57.6 Å². The van der Waals surface area contributed by atoms with Crippen LogP contribution in [-0.4, -0.2) is 44.7 Å². The van der Waals surface area contributed by atoms with Gasteiger partial charge in [0.05, 0.1) is 17.7 Å². The number of amides is 1. The highest BCUT2D eigenvalue weighted by molar-refractivity contribution is 5.87. The van der Waals surface area contributed by atoms with Gasteiger partial charge in [-0.25, -0.2) is 4.79 Å². The molecule has 0 radical (unpaired) electrons. The van der Waals surface area contributed by atoms with Gasteiger partial charge in [0.15, 0.2) is 0 Å². The molecule has 2 atom stereocenters. The molecule has 0 spiro atoms. The second kappa shape index (κ2) is 12.1. The zero-order valence-corrected chi connectivity index (χ0v) is 21.9. The minimum absolute atomic E-state index is 0.0561. The van der Waals surface area contributed by atoms with Crippen molar-refractivity contribution in [1.29, 1.82) is 0 Å². The SMILES string of the molecule is CC(C)c1cc(O)ccc1-c1cccc(C(O)/C=C/C2CCC(=O)N2CCCc2ccc(C(=O)O)cc2)c1. The van der Waals surface area contributed by atoms with Crippen molar-refractivity contribution >= 4 is 11.9 Å². The summed E-state index contributed by atoms with van der Waals surface area (Å²) in [6.07, 6.45) is 5.64. The summed E-state index contributed by atoms with van der Waals surface area (Å²) < 4.78 is 0. The molecule has 1 saturated heterocycles. The van der Waals surface area contributed by atoms with Gasteiger partial charge in [0.1, 0.15) is 5.75 Å². The molecule has 1 fully saturated rings. The fraction of sp³-hybridized carbons (Fsp3) is 0.312. The van der Waals surface area contributed by atoms with Crippen LogP contribution < -0.4 is 0 Å². The number of benzene rings is 3. The van der Waals surface area contributed by atoms with Crippen LogP contribution in [0.1, 0.15) is 72.2 Å². The van der Waals surface area contributed by atoms with Crippen LogP contribution in [0.25, 0.3) is 11.1 Å². The molecule has 1 heterocycles. The van der Waals surface area contributed by atoms with Crippen LogP contribution in [0.15, 0.2) is 78.9 Å². The van der Waals surface area contributed by atoms with Gasteiger partial charge in [0.25, 0.3) is 0 Å². The first-order valence-electron chi connectivity index (χ1n) is 13.1. The lowest BCUT2D eigenvalue weighted by Crippen LogP contribution is -2.33. The Morgan fingerprint density at radius 3 is 2.55 bits per heavy atom. The number of carboxylic acids is 1. The number of aliphatic hydroxyl groups excluding tert-OH is 1. The van der Waals surface area contributed by atoms with Crippen molar-refractivity contribution in [3.8, 4) is 16.9 Å².